The molecule has 0 radical (unpaired) electrons. The van der Waals surface area contributed by atoms with Gasteiger partial charge in [0.2, 0.25) is 0 Å². The topological polar surface area (TPSA) is 320 Å². The summed E-state index contributed by atoms with van der Waals surface area (Å²) in [6.07, 6.45) is -17.1. The van der Waals surface area contributed by atoms with Crippen molar-refractivity contribution in [2.75, 3.05) is 13.2 Å². The predicted molar refractivity (Wildman–Crippen MR) is 289 cm³/mol. The minimum absolute atomic E-state index is 0.115. The summed E-state index contributed by atoms with van der Waals surface area (Å²) in [5.74, 6) is -1.26. The summed E-state index contributed by atoms with van der Waals surface area (Å²) < 4.78 is 55.7. The summed E-state index contributed by atoms with van der Waals surface area (Å²) >= 11 is 0. The van der Waals surface area contributed by atoms with Crippen molar-refractivity contribution in [1.29, 1.82) is 0 Å². The van der Waals surface area contributed by atoms with Crippen molar-refractivity contribution < 1.29 is 103 Å². The van der Waals surface area contributed by atoms with Gasteiger partial charge in [0.05, 0.1) is 36.9 Å². The number of carbonyl (C=O) groups excluding carboxylic acids is 1. The van der Waals surface area contributed by atoms with Gasteiger partial charge in [0.15, 0.2) is 25.2 Å². The molecule has 0 spiro atoms. The van der Waals surface area contributed by atoms with Crippen molar-refractivity contribution in [3.8, 4) is 0 Å². The number of carboxylic acids is 1. The van der Waals surface area contributed by atoms with Gasteiger partial charge in [-0.3, -0.25) is 4.79 Å². The highest BCUT2D eigenvalue weighted by molar-refractivity contribution is 5.87. The van der Waals surface area contributed by atoms with Crippen molar-refractivity contribution in [3.63, 3.8) is 0 Å². The van der Waals surface area contributed by atoms with E-state index in [1.54, 1.807) is 6.08 Å². The molecule has 4 aliphatic heterocycles. The van der Waals surface area contributed by atoms with E-state index in [0.29, 0.717) is 25.7 Å². The van der Waals surface area contributed by atoms with Gasteiger partial charge in [-0.2, -0.15) is 0 Å². The fourth-order valence-electron chi connectivity index (χ4n) is 17.0. The molecule has 0 amide bonds. The Kier molecular flexibility index (Phi) is 17.3. The van der Waals surface area contributed by atoms with Crippen LogP contribution in [-0.4, -0.2) is 199 Å². The molecule has 0 bridgehead atoms. The van der Waals surface area contributed by atoms with Crippen LogP contribution in [0.15, 0.2) is 48.1 Å². The second-order valence-corrected chi connectivity index (χ2v) is 27.6. The maximum atomic E-state index is 13.8. The van der Waals surface area contributed by atoms with Crippen molar-refractivity contribution in [2.45, 2.75) is 243 Å². The van der Waals surface area contributed by atoms with E-state index in [1.165, 1.54) is 25.5 Å². The molecule has 1 aromatic carbocycles. The van der Waals surface area contributed by atoms with Gasteiger partial charge >= 0.3 is 11.9 Å². The first kappa shape index (κ1) is 62.0. The maximum Gasteiger partial charge on any atom is 0.331 e. The minimum atomic E-state index is -1.80. The summed E-state index contributed by atoms with van der Waals surface area (Å²) in [4.78, 5) is 27.2. The number of fused-ring (bicyclic) bond motifs is 7. The highest BCUT2D eigenvalue weighted by atomic mass is 16.8. The predicted octanol–water partition coefficient (Wildman–Crippen LogP) is 3.10. The van der Waals surface area contributed by atoms with E-state index in [4.69, 9.17) is 42.6 Å². The molecule has 4 saturated heterocycles. The Morgan fingerprint density at radius 1 is 0.610 bits per heavy atom. The van der Waals surface area contributed by atoms with Crippen molar-refractivity contribution in [3.05, 3.63) is 53.6 Å². The first-order valence-corrected chi connectivity index (χ1v) is 29.7. The summed E-state index contributed by atoms with van der Waals surface area (Å²) in [5, 5.41) is 110. The lowest BCUT2D eigenvalue weighted by Gasteiger charge is -2.71. The number of hydrogen-bond donors (Lipinski definition) is 10. The quantitative estimate of drug-likeness (QED) is 0.0622. The number of aliphatic hydroxyl groups is 9. The SMILES string of the molecule is C[C@H]1O[C@H](O[C@@H]2CO[C@@H](O[C@H]3CC[C@]4(C)[C@H]5CC=C6[C@@H]7CC(C)(C)[C@H](OC(=O)/C=C/c8ccccc8)C[C@]7(C(=O)O)CC[C@@]6(C)[C@]5(C)CC[C@H]4C3(C)C)[C@H](O[C@@H]3OC[C@@H](O)[C@H](O)[C@H]3O[C@H]3O[C@H](C)[C@@H](O)[C@H](O)[C@@H]3O)[C@H]2O)[C@@H](O)[C@@H](O)[C@@H]1O. The molecular weight excluding hydrogens is 1070 g/mol. The fraction of sp³-hybridized carbons (Fsp3) is 0.803. The van der Waals surface area contributed by atoms with Gasteiger partial charge in [-0.25, -0.2) is 4.79 Å². The van der Waals surface area contributed by atoms with Gasteiger partial charge in [-0.15, -0.1) is 0 Å². The number of rotatable bonds is 12. The normalized spacial score (nSPS) is 50.0. The highest BCUT2D eigenvalue weighted by Crippen LogP contribution is 2.76. The Bertz CT molecular complexity index is 2510. The zero-order chi connectivity index (χ0) is 59.4. The van der Waals surface area contributed by atoms with Crippen LogP contribution in [0.2, 0.25) is 0 Å². The molecule has 82 heavy (non-hydrogen) atoms. The van der Waals surface area contributed by atoms with Gasteiger partial charge in [0.1, 0.15) is 79.4 Å². The molecule has 8 fully saturated rings. The van der Waals surface area contributed by atoms with Crippen molar-refractivity contribution in [1.82, 2.24) is 0 Å². The second kappa shape index (κ2) is 22.9. The monoisotopic (exact) mass is 1160 g/mol. The first-order chi connectivity index (χ1) is 38.5. The lowest BCUT2D eigenvalue weighted by atomic mass is 9.33. The van der Waals surface area contributed by atoms with Crippen molar-refractivity contribution in [2.24, 2.45) is 50.2 Å². The largest absolute Gasteiger partial charge is 0.481 e. The Hall–Kier alpha value is -3.04. The lowest BCUT2D eigenvalue weighted by Crippen LogP contribution is -2.67. The fourth-order valence-corrected chi connectivity index (χ4v) is 17.0. The molecule has 21 heteroatoms. The number of ether oxygens (including phenoxy) is 9. The molecule has 4 saturated carbocycles. The molecule has 5 aliphatic carbocycles. The number of esters is 1. The van der Waals surface area contributed by atoms with Gasteiger partial charge in [0.25, 0.3) is 0 Å². The van der Waals surface area contributed by atoms with E-state index in [1.807, 2.05) is 30.3 Å². The van der Waals surface area contributed by atoms with E-state index in [0.717, 1.165) is 31.2 Å². The number of carbonyl (C=O) groups is 2. The minimum Gasteiger partial charge on any atom is -0.481 e. The maximum absolute atomic E-state index is 13.8. The van der Waals surface area contributed by atoms with Crippen LogP contribution >= 0.6 is 0 Å². The summed E-state index contributed by atoms with van der Waals surface area (Å²) in [6.45, 7) is 17.9. The molecule has 1 aromatic rings. The number of aliphatic hydroxyl groups excluding tert-OH is 9. The summed E-state index contributed by atoms with van der Waals surface area (Å²) in [6, 6.07) is 9.48. The Morgan fingerprint density at radius 2 is 1.21 bits per heavy atom. The van der Waals surface area contributed by atoms with Gasteiger partial charge in [-0.05, 0) is 116 Å². The van der Waals surface area contributed by atoms with Crippen LogP contribution in [0.5, 0.6) is 0 Å². The molecule has 9 aliphatic rings. The van der Waals surface area contributed by atoms with Crippen LogP contribution in [0.4, 0.5) is 0 Å². The Balaban J connectivity index is 0.889. The third-order valence-corrected chi connectivity index (χ3v) is 22.3. The molecule has 21 nitrogen and oxygen atoms in total. The molecule has 4 heterocycles. The Labute approximate surface area is 479 Å². The summed E-state index contributed by atoms with van der Waals surface area (Å²) in [5.41, 5.74) is -0.788. The molecule has 460 valence electrons. The Morgan fingerprint density at radius 3 is 1.85 bits per heavy atom. The average Bonchev–Trinajstić information content (AvgIpc) is 0.754. The molecule has 0 aromatic heterocycles. The zero-order valence-electron chi connectivity index (χ0n) is 48.6. The lowest BCUT2D eigenvalue weighted by molar-refractivity contribution is -0.390. The van der Waals surface area contributed by atoms with E-state index in [2.05, 4.69) is 54.5 Å². The van der Waals surface area contributed by atoms with E-state index in [-0.39, 0.29) is 47.0 Å². The van der Waals surface area contributed by atoms with Crippen molar-refractivity contribution >= 4 is 18.0 Å². The second-order valence-electron chi connectivity index (χ2n) is 27.6. The van der Waals surface area contributed by atoms with Gasteiger partial charge in [-0.1, -0.05) is 90.4 Å². The van der Waals surface area contributed by atoms with Crippen LogP contribution in [0.1, 0.15) is 126 Å². The van der Waals surface area contributed by atoms with Crippen LogP contribution in [0.25, 0.3) is 6.08 Å². The molecule has 27 atom stereocenters. The number of hydrogen-bond acceptors (Lipinski definition) is 20. The first-order valence-electron chi connectivity index (χ1n) is 29.7. The standard InChI is InChI=1S/C61H90O21/c1-29-41(64)45(68)47(70)51(76-29)78-35-28-75-53(50(44(35)67)82-54-49(43(66)34(62)27-74-54)81-52-48(71)46(69)42(65)30(2)77-52)80-38-20-21-58(7)36(57(38,5)6)19-22-60(9)37(58)17-16-32-33-25-56(3,4)39(26-61(33,55(72)73)24-23-59(32,60)8)79-40(63)18-15-31-13-11-10-12-14-31/h10-16,18,29-30,33-39,41-54,62,64-71H,17,19-28H2,1-9H3,(H,72,73)/b18-15+/t29-,30-,33+,34-,35-,36+,37-,38+,39-,41-,42-,43+,44+,45+,46+,47+,48+,49-,50-,51-,52-,53+,54+,58+,59-,60-,61-/m1/s1. The molecule has 0 unspecified atom stereocenters. The van der Waals surface area contributed by atoms with E-state index in [9.17, 15) is 60.7 Å². The van der Waals surface area contributed by atoms with Gasteiger partial charge < -0.3 is 93.7 Å². The number of aliphatic carboxylic acids is 1. The van der Waals surface area contributed by atoms with Gasteiger partial charge in [0, 0.05) is 17.9 Å². The smallest absolute Gasteiger partial charge is 0.331 e. The third kappa shape index (κ3) is 10.6. The van der Waals surface area contributed by atoms with Crippen LogP contribution in [0, 0.1) is 50.2 Å². The number of carboxylic acid groups (broad SMARTS) is 1. The van der Waals surface area contributed by atoms with Crippen LogP contribution in [-0.2, 0) is 52.2 Å². The number of allylic oxidation sites excluding steroid dienone is 2. The van der Waals surface area contributed by atoms with Crippen LogP contribution < -0.4 is 0 Å². The van der Waals surface area contributed by atoms with Crippen LogP contribution in [0.3, 0.4) is 0 Å². The summed E-state index contributed by atoms with van der Waals surface area (Å²) in [7, 11) is 0. The zero-order valence-corrected chi connectivity index (χ0v) is 48.6. The third-order valence-electron chi connectivity index (χ3n) is 22.3. The highest BCUT2D eigenvalue weighted by Gasteiger charge is 2.71. The molecular formula is C61H90O21. The van der Waals surface area contributed by atoms with E-state index >= 15 is 0 Å². The molecule has 10 rings (SSSR count). The van der Waals surface area contributed by atoms with E-state index < -0.39 is 158 Å². The number of benzene rings is 1. The molecule has 10 N–H and O–H groups in total. The average molecular weight is 1160 g/mol.